The molecule has 0 radical (unpaired) electrons. The molecule has 0 spiro atoms. The first-order valence-corrected chi connectivity index (χ1v) is 5.20. The Morgan fingerprint density at radius 1 is 1.42 bits per heavy atom. The molecule has 0 atom stereocenters. The van der Waals surface area contributed by atoms with Crippen LogP contribution in [-0.2, 0) is 14.6 Å². The van der Waals surface area contributed by atoms with Crippen molar-refractivity contribution in [3.63, 3.8) is 0 Å². The van der Waals surface area contributed by atoms with E-state index < -0.39 is 23.0 Å². The van der Waals surface area contributed by atoms with E-state index in [-0.39, 0.29) is 5.75 Å². The average Bonchev–Trinajstić information content (AvgIpc) is 1.95. The van der Waals surface area contributed by atoms with Gasteiger partial charge in [-0.15, -0.1) is 17.4 Å². The first-order chi connectivity index (χ1) is 5.45. The van der Waals surface area contributed by atoms with Crippen LogP contribution in [0.15, 0.2) is 0 Å². The Hall–Kier alpha value is 0.1000. The molecule has 12 heavy (non-hydrogen) atoms. The summed E-state index contributed by atoms with van der Waals surface area (Å²) < 4.78 is 45.4. The molecule has 0 aromatic rings. The SMILES string of the molecule is O=[S-](=CCC(F)(F)F)CCCCl. The second-order valence-electron chi connectivity index (χ2n) is 2.11. The molecule has 0 amide bonds. The van der Waals surface area contributed by atoms with Gasteiger partial charge in [0, 0.05) is 12.3 Å². The van der Waals surface area contributed by atoms with Crippen molar-refractivity contribution in [2.24, 2.45) is 0 Å². The minimum atomic E-state index is -4.25. The van der Waals surface area contributed by atoms with Crippen LogP contribution in [0, 0.1) is 0 Å². The van der Waals surface area contributed by atoms with Gasteiger partial charge in [0.15, 0.2) is 0 Å². The first kappa shape index (κ1) is 12.1. The summed E-state index contributed by atoms with van der Waals surface area (Å²) in [4.78, 5) is 0. The van der Waals surface area contributed by atoms with Gasteiger partial charge in [0.2, 0.25) is 0 Å². The Bertz CT molecular complexity index is 195. The van der Waals surface area contributed by atoms with Crippen LogP contribution in [0.5, 0.6) is 0 Å². The van der Waals surface area contributed by atoms with E-state index in [4.69, 9.17) is 11.6 Å². The van der Waals surface area contributed by atoms with Crippen molar-refractivity contribution in [3.05, 3.63) is 0 Å². The second kappa shape index (κ2) is 5.70. The van der Waals surface area contributed by atoms with Gasteiger partial charge in [0.1, 0.15) is 0 Å². The minimum absolute atomic E-state index is 0.208. The molecule has 6 heteroatoms. The Labute approximate surface area is 75.9 Å². The number of halogens is 4. The molecule has 0 saturated heterocycles. The molecule has 0 aliphatic rings. The van der Waals surface area contributed by atoms with Gasteiger partial charge < -0.3 is 4.21 Å². The van der Waals surface area contributed by atoms with Gasteiger partial charge in [0.05, 0.1) is 0 Å². The predicted molar refractivity (Wildman–Crippen MR) is 45.0 cm³/mol. The maximum Gasteiger partial charge on any atom is 0.390 e. The van der Waals surface area contributed by atoms with Gasteiger partial charge >= 0.3 is 6.18 Å². The lowest BCUT2D eigenvalue weighted by Gasteiger charge is -2.05. The van der Waals surface area contributed by atoms with E-state index in [2.05, 4.69) is 0 Å². The molecule has 0 unspecified atom stereocenters. The largest absolute Gasteiger partial charge is 0.461 e. The predicted octanol–water partition coefficient (Wildman–Crippen LogP) is 2.33. The Kier molecular flexibility index (Phi) is 5.74. The lowest BCUT2D eigenvalue weighted by Crippen LogP contribution is -2.08. The molecule has 0 fully saturated rings. The van der Waals surface area contributed by atoms with Crippen molar-refractivity contribution in [2.45, 2.75) is 19.0 Å². The maximum atomic E-state index is 11.5. The van der Waals surface area contributed by atoms with E-state index in [1.54, 1.807) is 0 Å². The summed E-state index contributed by atoms with van der Waals surface area (Å²) in [6.07, 6.45) is -4.87. The van der Waals surface area contributed by atoms with Gasteiger partial charge in [-0.05, 0) is 0 Å². The van der Waals surface area contributed by atoms with Gasteiger partial charge in [-0.25, -0.2) is 0 Å². The quantitative estimate of drug-likeness (QED) is 0.405. The highest BCUT2D eigenvalue weighted by molar-refractivity contribution is 7.83. The van der Waals surface area contributed by atoms with Gasteiger partial charge in [-0.2, -0.15) is 18.5 Å². The normalized spacial score (nSPS) is 15.0. The molecular formula is C6H9ClF3OS-. The Morgan fingerprint density at radius 2 is 2.00 bits per heavy atom. The molecule has 0 rings (SSSR count). The van der Waals surface area contributed by atoms with E-state index in [9.17, 15) is 17.4 Å². The number of alkyl halides is 4. The molecule has 0 heterocycles. The number of rotatable bonds is 4. The molecule has 0 aromatic heterocycles. The first-order valence-electron chi connectivity index (χ1n) is 3.29. The third kappa shape index (κ3) is 8.20. The highest BCUT2D eigenvalue weighted by atomic mass is 35.5. The van der Waals surface area contributed by atoms with Crippen LogP contribution in [0.4, 0.5) is 13.2 Å². The van der Waals surface area contributed by atoms with Crippen LogP contribution in [0.25, 0.3) is 0 Å². The third-order valence-electron chi connectivity index (χ3n) is 0.980. The van der Waals surface area contributed by atoms with Crippen LogP contribution in [0.1, 0.15) is 12.8 Å². The molecule has 0 aliphatic carbocycles. The zero-order valence-corrected chi connectivity index (χ0v) is 7.81. The number of hydrogen-bond donors (Lipinski definition) is 0. The van der Waals surface area contributed by atoms with E-state index in [1.807, 2.05) is 0 Å². The van der Waals surface area contributed by atoms with Gasteiger partial charge in [-0.3, -0.25) is 10.4 Å². The molecule has 0 aromatic carbocycles. The molecule has 1 nitrogen and oxygen atoms in total. The van der Waals surface area contributed by atoms with Crippen molar-refractivity contribution >= 4 is 27.4 Å². The van der Waals surface area contributed by atoms with Crippen molar-refractivity contribution in [1.29, 1.82) is 0 Å². The monoisotopic (exact) mass is 221 g/mol. The van der Waals surface area contributed by atoms with Crippen molar-refractivity contribution < 1.29 is 17.4 Å². The minimum Gasteiger partial charge on any atom is -0.461 e. The topological polar surface area (TPSA) is 17.1 Å². The standard InChI is InChI=1S/C6H9ClF3OS/c7-3-1-4-12(11)5-2-6(8,9)10/h5H,1-4H2/q-1. The van der Waals surface area contributed by atoms with E-state index in [1.165, 1.54) is 0 Å². The summed E-state index contributed by atoms with van der Waals surface area (Å²) >= 11 is 5.27. The number of hydrogen-bond acceptors (Lipinski definition) is 2. The molecule has 0 bridgehead atoms. The van der Waals surface area contributed by atoms with Crippen molar-refractivity contribution in [1.82, 2.24) is 0 Å². The molecule has 0 N–H and O–H groups in total. The summed E-state index contributed by atoms with van der Waals surface area (Å²) in [7, 11) is -1.50. The van der Waals surface area contributed by atoms with Gasteiger partial charge in [-0.1, -0.05) is 6.42 Å². The molecular weight excluding hydrogens is 213 g/mol. The van der Waals surface area contributed by atoms with Crippen molar-refractivity contribution in [3.8, 4) is 0 Å². The van der Waals surface area contributed by atoms with Crippen LogP contribution >= 0.6 is 11.6 Å². The Morgan fingerprint density at radius 3 is 2.42 bits per heavy atom. The second-order valence-corrected chi connectivity index (χ2v) is 3.99. The van der Waals surface area contributed by atoms with Crippen LogP contribution < -0.4 is 0 Å². The zero-order chi connectivity index (χ0) is 9.61. The fourth-order valence-electron chi connectivity index (χ4n) is 0.468. The highest BCUT2D eigenvalue weighted by Gasteiger charge is 2.23. The lowest BCUT2D eigenvalue weighted by atomic mass is 10.5. The molecule has 0 aliphatic heterocycles. The summed E-state index contributed by atoms with van der Waals surface area (Å²) in [5.74, 6) is 0.533. The van der Waals surface area contributed by atoms with Gasteiger partial charge in [0.25, 0.3) is 0 Å². The van der Waals surface area contributed by atoms with Crippen LogP contribution in [0.3, 0.4) is 0 Å². The average molecular weight is 222 g/mol. The lowest BCUT2D eigenvalue weighted by molar-refractivity contribution is -0.120. The zero-order valence-electron chi connectivity index (χ0n) is 6.23. The summed E-state index contributed by atoms with van der Waals surface area (Å²) in [5.41, 5.74) is 0. The summed E-state index contributed by atoms with van der Waals surface area (Å²) in [6, 6.07) is 0. The Balaban J connectivity index is 3.78. The molecule has 74 valence electrons. The fraction of sp³-hybridized carbons (Fsp3) is 0.833. The van der Waals surface area contributed by atoms with E-state index >= 15 is 0 Å². The summed E-state index contributed by atoms with van der Waals surface area (Å²) in [5, 5.41) is 0.770. The van der Waals surface area contributed by atoms with Crippen LogP contribution in [0.2, 0.25) is 0 Å². The maximum absolute atomic E-state index is 11.5. The smallest absolute Gasteiger partial charge is 0.390 e. The van der Waals surface area contributed by atoms with Crippen molar-refractivity contribution in [2.75, 3.05) is 11.6 Å². The fourth-order valence-corrected chi connectivity index (χ4v) is 1.73. The highest BCUT2D eigenvalue weighted by Crippen LogP contribution is 2.17. The van der Waals surface area contributed by atoms with E-state index in [0.717, 1.165) is 5.37 Å². The third-order valence-corrected chi connectivity index (χ3v) is 2.48. The van der Waals surface area contributed by atoms with E-state index in [0.29, 0.717) is 12.3 Å². The molecule has 0 saturated carbocycles. The van der Waals surface area contributed by atoms with Crippen LogP contribution in [-0.4, -0.2) is 23.2 Å². The summed E-state index contributed by atoms with van der Waals surface area (Å²) in [6.45, 7) is 0.